The lowest BCUT2D eigenvalue weighted by molar-refractivity contribution is -0.154. The molecule has 5 rings (SSSR count). The first-order valence-electron chi connectivity index (χ1n) is 6.78. The molecule has 2 unspecified atom stereocenters. The van der Waals surface area contributed by atoms with Gasteiger partial charge >= 0.3 is 0 Å². The van der Waals surface area contributed by atoms with Crippen molar-refractivity contribution in [3.63, 3.8) is 0 Å². The molecule has 1 aromatic carbocycles. The average Bonchev–Trinajstić information content (AvgIpc) is 2.38. The van der Waals surface area contributed by atoms with Crippen molar-refractivity contribution in [1.82, 2.24) is 21.3 Å². The summed E-state index contributed by atoms with van der Waals surface area (Å²) < 4.78 is 0. The van der Waals surface area contributed by atoms with Gasteiger partial charge in [-0.25, -0.2) is 0 Å². The van der Waals surface area contributed by atoms with Crippen molar-refractivity contribution in [2.24, 2.45) is 0 Å². The van der Waals surface area contributed by atoms with E-state index in [4.69, 9.17) is 0 Å². The van der Waals surface area contributed by atoms with Gasteiger partial charge in [-0.05, 0) is 12.5 Å². The molecule has 104 valence electrons. The molecule has 2 atom stereocenters. The van der Waals surface area contributed by atoms with Crippen LogP contribution in [0, 0.1) is 6.92 Å². The molecule has 0 aliphatic carbocycles. The third kappa shape index (κ3) is 1.59. The number of rotatable bonds is 2. The molecule has 20 heavy (non-hydrogen) atoms. The minimum Gasteiger partial charge on any atom is -0.293 e. The first-order chi connectivity index (χ1) is 9.57. The van der Waals surface area contributed by atoms with Crippen molar-refractivity contribution < 1.29 is 9.59 Å². The van der Waals surface area contributed by atoms with Gasteiger partial charge in [0, 0.05) is 6.42 Å². The van der Waals surface area contributed by atoms with Gasteiger partial charge in [0.15, 0.2) is 11.6 Å². The number of benzene rings is 1. The molecule has 1 aromatic rings. The molecule has 0 saturated carbocycles. The minimum atomic E-state index is -0.849. The number of carbonyl (C=O) groups excluding carboxylic acids is 2. The number of ketones is 2. The minimum absolute atomic E-state index is 0.00798. The first-order valence-corrected chi connectivity index (χ1v) is 6.78. The van der Waals surface area contributed by atoms with Crippen LogP contribution in [0.1, 0.15) is 11.1 Å². The van der Waals surface area contributed by atoms with Crippen LogP contribution < -0.4 is 21.3 Å². The Bertz CT molecular complexity index is 597. The summed E-state index contributed by atoms with van der Waals surface area (Å²) in [5.74, 6) is 0.0209. The average molecular weight is 272 g/mol. The van der Waals surface area contributed by atoms with Crippen molar-refractivity contribution in [3.8, 4) is 0 Å². The van der Waals surface area contributed by atoms with E-state index >= 15 is 0 Å². The zero-order valence-electron chi connectivity index (χ0n) is 11.1. The Morgan fingerprint density at radius 3 is 2.45 bits per heavy atom. The van der Waals surface area contributed by atoms with Crippen LogP contribution in [-0.4, -0.2) is 35.7 Å². The zero-order valence-corrected chi connectivity index (χ0v) is 11.1. The standard InChI is InChI=1S/C14H16N4O2/c1-7-3-2-4-8(5-7)6-14-10(20)13-15-11(17-14)9(19)12(16-13)18-14/h2-5,11-13,15-18H,6H2,1H3. The van der Waals surface area contributed by atoms with Gasteiger partial charge < -0.3 is 0 Å². The number of Topliss-reactive ketones (excluding diaryl/α,β-unsaturated/α-hetero) is 2. The molecule has 4 fully saturated rings. The monoisotopic (exact) mass is 272 g/mol. The maximum absolute atomic E-state index is 12.5. The highest BCUT2D eigenvalue weighted by Crippen LogP contribution is 2.26. The van der Waals surface area contributed by atoms with Crippen molar-refractivity contribution in [2.45, 2.75) is 37.5 Å². The fourth-order valence-corrected chi connectivity index (χ4v) is 3.33. The van der Waals surface area contributed by atoms with Crippen LogP contribution >= 0.6 is 0 Å². The predicted octanol–water partition coefficient (Wildman–Crippen LogP) is -1.25. The summed E-state index contributed by atoms with van der Waals surface area (Å²) in [6, 6.07) is 8.08. The smallest absolute Gasteiger partial charge is 0.199 e. The van der Waals surface area contributed by atoms with Gasteiger partial charge in [-0.15, -0.1) is 0 Å². The first kappa shape index (κ1) is 12.2. The van der Waals surface area contributed by atoms with E-state index in [-0.39, 0.29) is 11.6 Å². The Labute approximate surface area is 116 Å². The van der Waals surface area contributed by atoms with Gasteiger partial charge in [0.1, 0.15) is 24.2 Å². The number of hydrogen-bond acceptors (Lipinski definition) is 6. The summed E-state index contributed by atoms with van der Waals surface area (Å²) in [4.78, 5) is 24.5. The quantitative estimate of drug-likeness (QED) is 0.538. The maximum atomic E-state index is 12.5. The van der Waals surface area contributed by atoms with Crippen molar-refractivity contribution in [1.29, 1.82) is 0 Å². The highest BCUT2D eigenvalue weighted by atomic mass is 16.2. The van der Waals surface area contributed by atoms with Gasteiger partial charge in [0.2, 0.25) is 0 Å². The van der Waals surface area contributed by atoms with E-state index in [1.54, 1.807) is 0 Å². The van der Waals surface area contributed by atoms with E-state index in [2.05, 4.69) is 27.3 Å². The lowest BCUT2D eigenvalue weighted by Crippen LogP contribution is -2.93. The van der Waals surface area contributed by atoms with Gasteiger partial charge in [-0.1, -0.05) is 29.8 Å². The number of nitrogens with one attached hydrogen (secondary N) is 4. The van der Waals surface area contributed by atoms with Crippen LogP contribution in [0.25, 0.3) is 0 Å². The summed E-state index contributed by atoms with van der Waals surface area (Å²) in [6.07, 6.45) is -0.812. The van der Waals surface area contributed by atoms with E-state index in [1.165, 1.54) is 0 Å². The summed E-state index contributed by atoms with van der Waals surface area (Å²) in [5, 5.41) is 12.2. The molecular formula is C14H16N4O2. The second-order valence-corrected chi connectivity index (χ2v) is 5.76. The largest absolute Gasteiger partial charge is 0.293 e. The third-order valence-corrected chi connectivity index (χ3v) is 4.25. The number of carbonyl (C=O) groups is 2. The van der Waals surface area contributed by atoms with E-state index in [0.717, 1.165) is 11.1 Å². The zero-order chi connectivity index (χ0) is 13.9. The molecular weight excluding hydrogens is 256 g/mol. The predicted molar refractivity (Wildman–Crippen MR) is 71.5 cm³/mol. The SMILES string of the molecule is Cc1cccc(CC23NC4NC(NC(N2)C4=O)C3=O)c1. The van der Waals surface area contributed by atoms with Gasteiger partial charge in [-0.2, -0.15) is 0 Å². The van der Waals surface area contributed by atoms with Crippen LogP contribution in [-0.2, 0) is 16.0 Å². The molecule has 4 aliphatic heterocycles. The van der Waals surface area contributed by atoms with Crippen LogP contribution in [0.15, 0.2) is 24.3 Å². The summed E-state index contributed by atoms with van der Waals surface area (Å²) in [5.41, 5.74) is 1.39. The van der Waals surface area contributed by atoms with Gasteiger partial charge in [-0.3, -0.25) is 30.9 Å². The number of hydrogen-bond donors (Lipinski definition) is 4. The van der Waals surface area contributed by atoms with Gasteiger partial charge in [0.25, 0.3) is 0 Å². The highest BCUT2D eigenvalue weighted by molar-refractivity contribution is 6.03. The topological polar surface area (TPSA) is 82.3 Å². The molecule has 4 bridgehead atoms. The Kier molecular flexibility index (Phi) is 2.41. The van der Waals surface area contributed by atoms with Crippen LogP contribution in [0.4, 0.5) is 0 Å². The van der Waals surface area contributed by atoms with E-state index in [1.807, 2.05) is 25.1 Å². The Morgan fingerprint density at radius 2 is 1.80 bits per heavy atom. The fraction of sp³-hybridized carbons (Fsp3) is 0.429. The molecule has 0 aromatic heterocycles. The third-order valence-electron chi connectivity index (χ3n) is 4.25. The molecule has 4 heterocycles. The molecule has 0 amide bonds. The normalized spacial score (nSPS) is 38.5. The van der Waals surface area contributed by atoms with Crippen molar-refractivity contribution in [2.75, 3.05) is 0 Å². The molecule has 4 N–H and O–H groups in total. The second-order valence-electron chi connectivity index (χ2n) is 5.76. The van der Waals surface area contributed by atoms with Crippen LogP contribution in [0.5, 0.6) is 0 Å². The summed E-state index contributed by atoms with van der Waals surface area (Å²) in [7, 11) is 0. The number of aryl methyl sites for hydroxylation is 1. The molecule has 6 nitrogen and oxygen atoms in total. The molecule has 0 spiro atoms. The Morgan fingerprint density at radius 1 is 1.10 bits per heavy atom. The van der Waals surface area contributed by atoms with Crippen molar-refractivity contribution in [3.05, 3.63) is 35.4 Å². The highest BCUT2D eigenvalue weighted by Gasteiger charge is 2.59. The molecule has 0 radical (unpaired) electrons. The van der Waals surface area contributed by atoms with E-state index in [0.29, 0.717) is 6.42 Å². The van der Waals surface area contributed by atoms with E-state index in [9.17, 15) is 9.59 Å². The fourth-order valence-electron chi connectivity index (χ4n) is 3.33. The van der Waals surface area contributed by atoms with Gasteiger partial charge in [0.05, 0.1) is 0 Å². The van der Waals surface area contributed by atoms with Crippen LogP contribution in [0.2, 0.25) is 0 Å². The molecule has 4 aliphatic rings. The molecule has 6 heteroatoms. The summed E-state index contributed by atoms with van der Waals surface area (Å²) in [6.45, 7) is 2.03. The lowest BCUT2D eigenvalue weighted by Gasteiger charge is -2.56. The second kappa shape index (κ2) is 3.95. The van der Waals surface area contributed by atoms with Crippen molar-refractivity contribution >= 4 is 11.6 Å². The van der Waals surface area contributed by atoms with Crippen LogP contribution in [0.3, 0.4) is 0 Å². The Hall–Kier alpha value is -1.60. The van der Waals surface area contributed by atoms with E-state index < -0.39 is 24.2 Å². The summed E-state index contributed by atoms with van der Waals surface area (Å²) >= 11 is 0. The maximum Gasteiger partial charge on any atom is 0.199 e. The lowest BCUT2D eigenvalue weighted by atomic mass is 9.84. The molecule has 4 saturated heterocycles. The Balaban J connectivity index is 1.69.